The van der Waals surface area contributed by atoms with Crippen LogP contribution in [0.15, 0.2) is 48.7 Å². The first-order valence-corrected chi connectivity index (χ1v) is 7.17. The van der Waals surface area contributed by atoms with Crippen molar-refractivity contribution in [2.45, 2.75) is 13.8 Å². The zero-order chi connectivity index (χ0) is 16.2. The van der Waals surface area contributed by atoms with Gasteiger partial charge in [-0.15, -0.1) is 5.10 Å². The van der Waals surface area contributed by atoms with Crippen molar-refractivity contribution >= 4 is 23.1 Å². The Balaban J connectivity index is 1.83. The molecule has 0 aliphatic carbocycles. The number of para-hydroxylation sites is 1. The first-order chi connectivity index (χ1) is 11.1. The minimum atomic E-state index is -0.326. The monoisotopic (exact) mass is 309 g/mol. The zero-order valence-electron chi connectivity index (χ0n) is 12.8. The van der Waals surface area contributed by atoms with Crippen molar-refractivity contribution in [3.05, 3.63) is 65.6 Å². The molecule has 0 aliphatic heterocycles. The summed E-state index contributed by atoms with van der Waals surface area (Å²) >= 11 is 0. The molecule has 0 bridgehead atoms. The van der Waals surface area contributed by atoms with Crippen LogP contribution in [0, 0.1) is 19.7 Å². The molecular weight excluding hydrogens is 293 g/mol. The summed E-state index contributed by atoms with van der Waals surface area (Å²) in [6, 6.07) is 12.1. The fraction of sp³-hybridized carbons (Fsp3) is 0.118. The Morgan fingerprint density at radius 1 is 0.957 bits per heavy atom. The molecule has 0 atom stereocenters. The molecule has 0 saturated heterocycles. The third-order valence-electron chi connectivity index (χ3n) is 3.37. The van der Waals surface area contributed by atoms with E-state index in [9.17, 15) is 4.39 Å². The van der Waals surface area contributed by atoms with Crippen molar-refractivity contribution < 1.29 is 4.39 Å². The molecule has 116 valence electrons. The predicted octanol–water partition coefficient (Wildman–Crippen LogP) is 4.11. The first kappa shape index (κ1) is 14.9. The van der Waals surface area contributed by atoms with E-state index < -0.39 is 0 Å². The van der Waals surface area contributed by atoms with Gasteiger partial charge in [0.05, 0.1) is 6.20 Å². The number of rotatable bonds is 4. The zero-order valence-corrected chi connectivity index (χ0v) is 12.8. The van der Waals surface area contributed by atoms with Crippen molar-refractivity contribution in [3.63, 3.8) is 0 Å². The number of halogens is 1. The van der Waals surface area contributed by atoms with Crippen LogP contribution in [-0.4, -0.2) is 15.2 Å². The molecule has 0 spiro atoms. The molecule has 3 aromatic rings. The summed E-state index contributed by atoms with van der Waals surface area (Å²) in [6.07, 6.45) is 1.54. The smallest absolute Gasteiger partial charge is 0.249 e. The fourth-order valence-electron chi connectivity index (χ4n) is 2.25. The van der Waals surface area contributed by atoms with Gasteiger partial charge in [-0.1, -0.05) is 24.3 Å². The van der Waals surface area contributed by atoms with Crippen LogP contribution in [0.3, 0.4) is 0 Å². The van der Waals surface area contributed by atoms with Crippen LogP contribution in [0.5, 0.6) is 0 Å². The summed E-state index contributed by atoms with van der Waals surface area (Å²) in [5.74, 6) is 0.538. The number of aromatic nitrogens is 3. The Hall–Kier alpha value is -3.02. The van der Waals surface area contributed by atoms with Gasteiger partial charge in [-0.2, -0.15) is 10.1 Å². The van der Waals surface area contributed by atoms with Gasteiger partial charge in [0.2, 0.25) is 5.95 Å². The van der Waals surface area contributed by atoms with E-state index in [0.717, 1.165) is 16.8 Å². The summed E-state index contributed by atoms with van der Waals surface area (Å²) < 4.78 is 13.2. The number of benzene rings is 2. The van der Waals surface area contributed by atoms with E-state index in [-0.39, 0.29) is 5.82 Å². The second kappa shape index (κ2) is 6.39. The van der Waals surface area contributed by atoms with Gasteiger partial charge in [0.15, 0.2) is 5.82 Å². The van der Waals surface area contributed by atoms with Crippen molar-refractivity contribution in [3.8, 4) is 0 Å². The van der Waals surface area contributed by atoms with Gasteiger partial charge in [0, 0.05) is 11.4 Å². The van der Waals surface area contributed by atoms with Crippen LogP contribution >= 0.6 is 0 Å². The molecule has 0 saturated carbocycles. The topological polar surface area (TPSA) is 62.7 Å². The Morgan fingerprint density at radius 2 is 1.70 bits per heavy atom. The Morgan fingerprint density at radius 3 is 2.43 bits per heavy atom. The molecule has 5 nitrogen and oxygen atoms in total. The summed E-state index contributed by atoms with van der Waals surface area (Å²) in [4.78, 5) is 4.36. The molecule has 2 aromatic carbocycles. The van der Waals surface area contributed by atoms with Gasteiger partial charge in [0.1, 0.15) is 5.82 Å². The van der Waals surface area contributed by atoms with E-state index in [2.05, 4.69) is 25.8 Å². The maximum absolute atomic E-state index is 13.2. The van der Waals surface area contributed by atoms with Crippen LogP contribution in [-0.2, 0) is 0 Å². The molecule has 0 aliphatic rings. The lowest BCUT2D eigenvalue weighted by Gasteiger charge is -2.12. The number of hydrogen-bond donors (Lipinski definition) is 2. The second-order valence-electron chi connectivity index (χ2n) is 5.19. The van der Waals surface area contributed by atoms with Gasteiger partial charge in [-0.05, 0) is 43.2 Å². The molecule has 0 unspecified atom stereocenters. The SMILES string of the molecule is Cc1cccc(C)c1Nc1cnnc(Nc2cccc(F)c2)n1. The van der Waals surface area contributed by atoms with E-state index in [4.69, 9.17) is 0 Å². The van der Waals surface area contributed by atoms with E-state index >= 15 is 0 Å². The highest BCUT2D eigenvalue weighted by Gasteiger charge is 2.06. The number of anilines is 4. The summed E-state index contributed by atoms with van der Waals surface area (Å²) in [6.45, 7) is 4.05. The lowest BCUT2D eigenvalue weighted by atomic mass is 10.1. The highest BCUT2D eigenvalue weighted by Crippen LogP contribution is 2.23. The van der Waals surface area contributed by atoms with Crippen molar-refractivity contribution in [2.24, 2.45) is 0 Å². The number of nitrogens with zero attached hydrogens (tertiary/aromatic N) is 3. The van der Waals surface area contributed by atoms with Crippen LogP contribution in [0.4, 0.5) is 27.5 Å². The van der Waals surface area contributed by atoms with Gasteiger partial charge in [-0.3, -0.25) is 0 Å². The van der Waals surface area contributed by atoms with Gasteiger partial charge in [-0.25, -0.2) is 4.39 Å². The van der Waals surface area contributed by atoms with Crippen LogP contribution in [0.1, 0.15) is 11.1 Å². The molecular formula is C17H16FN5. The molecule has 0 amide bonds. The van der Waals surface area contributed by atoms with E-state index in [1.807, 2.05) is 32.0 Å². The minimum Gasteiger partial charge on any atom is -0.338 e. The Kier molecular flexibility index (Phi) is 4.14. The summed E-state index contributed by atoms with van der Waals surface area (Å²) in [7, 11) is 0. The molecule has 3 rings (SSSR count). The molecule has 23 heavy (non-hydrogen) atoms. The van der Waals surface area contributed by atoms with Crippen LogP contribution < -0.4 is 10.6 Å². The third kappa shape index (κ3) is 3.60. The van der Waals surface area contributed by atoms with Gasteiger partial charge < -0.3 is 10.6 Å². The lowest BCUT2D eigenvalue weighted by Crippen LogP contribution is -2.04. The maximum Gasteiger partial charge on any atom is 0.249 e. The standard InChI is InChI=1S/C17H16FN5/c1-11-5-3-6-12(2)16(11)21-15-10-19-23-17(22-15)20-14-8-4-7-13(18)9-14/h3-10H,1-2H3,(H2,20,21,22,23). The average Bonchev–Trinajstić information content (AvgIpc) is 2.52. The highest BCUT2D eigenvalue weighted by molar-refractivity contribution is 5.64. The lowest BCUT2D eigenvalue weighted by molar-refractivity contribution is 0.628. The first-order valence-electron chi connectivity index (χ1n) is 7.17. The molecule has 1 aromatic heterocycles. The Labute approximate surface area is 133 Å². The largest absolute Gasteiger partial charge is 0.338 e. The quantitative estimate of drug-likeness (QED) is 0.759. The number of aryl methyl sites for hydroxylation is 2. The van der Waals surface area contributed by atoms with E-state index in [1.165, 1.54) is 12.1 Å². The van der Waals surface area contributed by atoms with E-state index in [0.29, 0.717) is 17.5 Å². The third-order valence-corrected chi connectivity index (χ3v) is 3.37. The average molecular weight is 309 g/mol. The normalized spacial score (nSPS) is 10.4. The van der Waals surface area contributed by atoms with E-state index in [1.54, 1.807) is 18.3 Å². The number of nitrogens with one attached hydrogen (secondary N) is 2. The van der Waals surface area contributed by atoms with Crippen molar-refractivity contribution in [2.75, 3.05) is 10.6 Å². The second-order valence-corrected chi connectivity index (χ2v) is 5.19. The molecule has 0 radical (unpaired) electrons. The molecule has 6 heteroatoms. The van der Waals surface area contributed by atoms with Gasteiger partial charge in [0.25, 0.3) is 0 Å². The van der Waals surface area contributed by atoms with Crippen LogP contribution in [0.2, 0.25) is 0 Å². The summed E-state index contributed by atoms with van der Waals surface area (Å²) in [5.41, 5.74) is 3.78. The van der Waals surface area contributed by atoms with Crippen molar-refractivity contribution in [1.82, 2.24) is 15.2 Å². The predicted molar refractivity (Wildman–Crippen MR) is 88.7 cm³/mol. The highest BCUT2D eigenvalue weighted by atomic mass is 19.1. The molecule has 2 N–H and O–H groups in total. The molecule has 1 heterocycles. The van der Waals surface area contributed by atoms with Gasteiger partial charge >= 0.3 is 0 Å². The van der Waals surface area contributed by atoms with Crippen LogP contribution in [0.25, 0.3) is 0 Å². The fourth-order valence-corrected chi connectivity index (χ4v) is 2.25. The molecule has 0 fully saturated rings. The minimum absolute atomic E-state index is 0.298. The maximum atomic E-state index is 13.2. The van der Waals surface area contributed by atoms with Crippen molar-refractivity contribution in [1.29, 1.82) is 0 Å². The Bertz CT molecular complexity index is 814. The summed E-state index contributed by atoms with van der Waals surface area (Å²) in [5, 5.41) is 14.0. The number of hydrogen-bond acceptors (Lipinski definition) is 5.